The summed E-state index contributed by atoms with van der Waals surface area (Å²) in [4.78, 5) is 0. The van der Waals surface area contributed by atoms with Crippen LogP contribution in [0.2, 0.25) is 0 Å². The second-order valence-electron chi connectivity index (χ2n) is 11.1. The third-order valence-electron chi connectivity index (χ3n) is 4.05. The van der Waals surface area contributed by atoms with E-state index in [2.05, 4.69) is 95.2 Å². The van der Waals surface area contributed by atoms with E-state index < -0.39 is 0 Å². The fourth-order valence-electron chi connectivity index (χ4n) is 2.50. The van der Waals surface area contributed by atoms with Crippen LogP contribution in [-0.2, 0) is 20.8 Å². The van der Waals surface area contributed by atoms with Crippen LogP contribution >= 0.6 is 16.0 Å². The Hall–Kier alpha value is -0.220. The first-order valence-electron chi connectivity index (χ1n) is 9.22. The highest BCUT2D eigenvalue weighted by molar-refractivity contribution is 7.85. The van der Waals surface area contributed by atoms with Gasteiger partial charge in [0.25, 0.3) is 0 Å². The van der Waals surface area contributed by atoms with Gasteiger partial charge in [0, 0.05) is 5.30 Å². The van der Waals surface area contributed by atoms with Crippen LogP contribution in [0.3, 0.4) is 0 Å². The van der Waals surface area contributed by atoms with E-state index in [1.807, 2.05) is 0 Å². The minimum atomic E-state index is -0.107. The molecule has 0 spiro atoms. The van der Waals surface area contributed by atoms with Crippen LogP contribution in [0.15, 0.2) is 12.1 Å². The molecule has 0 aliphatic carbocycles. The lowest BCUT2D eigenvalue weighted by Gasteiger charge is -2.32. The Bertz CT molecular complexity index is 595. The quantitative estimate of drug-likeness (QED) is 0.477. The molecule has 25 heavy (non-hydrogen) atoms. The Labute approximate surface area is 159 Å². The molecule has 0 heterocycles. The van der Waals surface area contributed by atoms with Crippen molar-refractivity contribution in [3.63, 3.8) is 0 Å². The summed E-state index contributed by atoms with van der Waals surface area (Å²) >= 11 is 0. The van der Waals surface area contributed by atoms with Gasteiger partial charge in [-0.15, -0.1) is 0 Å². The van der Waals surface area contributed by atoms with E-state index in [-0.39, 0.29) is 21.8 Å². The summed E-state index contributed by atoms with van der Waals surface area (Å²) in [5.74, 6) is 0. The molecule has 0 saturated carbocycles. The molecule has 0 aliphatic heterocycles. The molecule has 0 atom stereocenters. The Morgan fingerprint density at radius 1 is 0.640 bits per heavy atom. The molecule has 0 aliphatic rings. The van der Waals surface area contributed by atoms with Crippen molar-refractivity contribution in [2.45, 2.75) is 105 Å². The summed E-state index contributed by atoms with van der Waals surface area (Å²) in [6, 6.07) is 4.87. The summed E-state index contributed by atoms with van der Waals surface area (Å²) in [5, 5.41) is 1.44. The zero-order valence-corrected chi connectivity index (χ0v) is 20.2. The average Bonchev–Trinajstić information content (AvgIpc) is 2.33. The first-order chi connectivity index (χ1) is 10.9. The normalized spacial score (nSPS) is 14.4. The van der Waals surface area contributed by atoms with Gasteiger partial charge >= 0.3 is 0 Å². The van der Waals surface area contributed by atoms with Crippen LogP contribution in [0.4, 0.5) is 0 Å². The highest BCUT2D eigenvalue weighted by Crippen LogP contribution is 2.37. The third kappa shape index (κ3) is 6.78. The molecule has 0 aromatic heterocycles. The zero-order valence-electron chi connectivity index (χ0n) is 18.5. The van der Waals surface area contributed by atoms with Crippen LogP contribution in [0.5, 0.6) is 0 Å². The van der Waals surface area contributed by atoms with Crippen LogP contribution in [0, 0.1) is 0 Å². The topological polar surface area (TPSA) is 9.23 Å². The molecule has 0 radical (unpaired) electrons. The van der Waals surface area contributed by atoms with E-state index >= 15 is 0 Å². The second kappa shape index (κ2) is 7.42. The van der Waals surface area contributed by atoms with Crippen LogP contribution in [0.1, 0.15) is 99.8 Å². The summed E-state index contributed by atoms with van der Waals surface area (Å²) in [5.41, 5.74) is 4.60. The Kier molecular flexibility index (Phi) is 6.77. The van der Waals surface area contributed by atoms with Gasteiger partial charge < -0.3 is 4.52 Å². The van der Waals surface area contributed by atoms with Crippen LogP contribution in [0.25, 0.3) is 0 Å². The van der Waals surface area contributed by atoms with Gasteiger partial charge in [-0.2, -0.15) is 0 Å². The zero-order chi connectivity index (χ0) is 19.8. The first kappa shape index (κ1) is 22.8. The predicted octanol–water partition coefficient (Wildman–Crippen LogP) is 7.74. The monoisotopic (exact) mass is 380 g/mol. The van der Waals surface area contributed by atoms with Gasteiger partial charge in [-0.3, -0.25) is 0 Å². The van der Waals surface area contributed by atoms with E-state index in [4.69, 9.17) is 4.52 Å². The molecule has 0 amide bonds. The van der Waals surface area contributed by atoms with Crippen molar-refractivity contribution >= 4 is 21.3 Å². The van der Waals surface area contributed by atoms with Gasteiger partial charge in [0.2, 0.25) is 0 Å². The van der Waals surface area contributed by atoms with Gasteiger partial charge in [0.15, 0.2) is 0 Å². The van der Waals surface area contributed by atoms with Crippen molar-refractivity contribution in [2.75, 3.05) is 0 Å². The average molecular weight is 380 g/mol. The van der Waals surface area contributed by atoms with Crippen molar-refractivity contribution in [3.8, 4) is 0 Å². The molecular formula is C22H38OP2. The molecule has 0 unspecified atom stereocenters. The molecule has 1 aromatic carbocycles. The van der Waals surface area contributed by atoms with Crippen LogP contribution in [-0.4, -0.2) is 5.60 Å². The predicted molar refractivity (Wildman–Crippen MR) is 117 cm³/mol. The number of rotatable bonds is 2. The number of hydrogen-bond acceptors (Lipinski definition) is 1. The maximum absolute atomic E-state index is 6.03. The summed E-state index contributed by atoms with van der Waals surface area (Å²) in [7, 11) is 2.25. The van der Waals surface area contributed by atoms with Gasteiger partial charge in [0.05, 0.1) is 13.7 Å². The molecule has 0 bridgehead atoms. The second-order valence-corrected chi connectivity index (χ2v) is 13.1. The highest BCUT2D eigenvalue weighted by Gasteiger charge is 2.28. The Morgan fingerprint density at radius 2 is 1.04 bits per heavy atom. The molecule has 1 nitrogen and oxygen atoms in total. The minimum absolute atomic E-state index is 0.107. The molecule has 1 rings (SSSR count). The van der Waals surface area contributed by atoms with Gasteiger partial charge in [0.1, 0.15) is 0 Å². The lowest BCUT2D eigenvalue weighted by Crippen LogP contribution is -2.29. The fourth-order valence-corrected chi connectivity index (χ4v) is 5.63. The first-order valence-corrected chi connectivity index (χ1v) is 11.6. The van der Waals surface area contributed by atoms with E-state index in [9.17, 15) is 0 Å². The molecule has 0 fully saturated rings. The number of hydrogen-bond donors (Lipinski definition) is 0. The summed E-state index contributed by atoms with van der Waals surface area (Å²) in [6.07, 6.45) is 0. The lowest BCUT2D eigenvalue weighted by atomic mass is 9.75. The fraction of sp³-hybridized carbons (Fsp3) is 0.727. The number of benzene rings is 1. The largest absolute Gasteiger partial charge is 0.316 e. The molecule has 0 saturated heterocycles. The molecular weight excluding hydrogens is 342 g/mol. The summed E-state index contributed by atoms with van der Waals surface area (Å²) < 4.78 is 6.03. The van der Waals surface area contributed by atoms with Crippen molar-refractivity contribution in [1.82, 2.24) is 0 Å². The van der Waals surface area contributed by atoms with Crippen LogP contribution < -0.4 is 5.30 Å². The lowest BCUT2D eigenvalue weighted by molar-refractivity contribution is 0.162. The molecule has 1 aromatic rings. The molecule has 3 heteroatoms. The van der Waals surface area contributed by atoms with Gasteiger partial charge in [-0.05, 0) is 61.6 Å². The van der Waals surface area contributed by atoms with E-state index in [1.165, 1.54) is 29.9 Å². The SMILES string of the molecule is CC(C)(C)OP=Pc1c(C(C)(C)C)cc(C(C)(C)C)cc1C(C)(C)C. The maximum atomic E-state index is 6.03. The Balaban J connectivity index is 3.71. The van der Waals surface area contributed by atoms with E-state index in [0.717, 1.165) is 8.09 Å². The third-order valence-corrected chi connectivity index (χ3v) is 6.53. The van der Waals surface area contributed by atoms with Crippen molar-refractivity contribution < 1.29 is 4.52 Å². The van der Waals surface area contributed by atoms with Crippen molar-refractivity contribution in [2.24, 2.45) is 0 Å². The van der Waals surface area contributed by atoms with E-state index in [1.54, 1.807) is 0 Å². The minimum Gasteiger partial charge on any atom is -0.316 e. The van der Waals surface area contributed by atoms with Gasteiger partial charge in [-0.25, -0.2) is 0 Å². The molecule has 142 valence electrons. The van der Waals surface area contributed by atoms with Crippen molar-refractivity contribution in [3.05, 3.63) is 28.8 Å². The van der Waals surface area contributed by atoms with Crippen molar-refractivity contribution in [1.29, 1.82) is 0 Å². The Morgan fingerprint density at radius 3 is 1.32 bits per heavy atom. The standard InChI is InChI=1S/C22H38OP2/c1-19(2,3)15-13-16(20(4,5)6)18(17(14-15)21(7,8)9)24-25-23-22(10,11)12/h13-14H,1-12H3. The summed E-state index contributed by atoms with van der Waals surface area (Å²) in [6.45, 7) is 27.2. The maximum Gasteiger partial charge on any atom is 0.0894 e. The molecule has 0 N–H and O–H groups in total. The van der Waals surface area contributed by atoms with Gasteiger partial charge in [-0.1, -0.05) is 74.4 Å². The highest BCUT2D eigenvalue weighted by atomic mass is 31.7. The van der Waals surface area contributed by atoms with E-state index in [0.29, 0.717) is 0 Å². The smallest absolute Gasteiger partial charge is 0.0894 e.